The highest BCUT2D eigenvalue weighted by atomic mass is 16.1. The molecule has 1 saturated heterocycles. The van der Waals surface area contributed by atoms with Crippen LogP contribution in [-0.4, -0.2) is 50.0 Å². The van der Waals surface area contributed by atoms with Crippen LogP contribution in [0.1, 0.15) is 40.0 Å². The van der Waals surface area contributed by atoms with Crippen molar-refractivity contribution in [3.63, 3.8) is 0 Å². The Kier molecular flexibility index (Phi) is 4.42. The number of ketones is 1. The van der Waals surface area contributed by atoms with Crippen LogP contribution < -0.4 is 5.32 Å². The van der Waals surface area contributed by atoms with E-state index in [1.165, 1.54) is 0 Å². The summed E-state index contributed by atoms with van der Waals surface area (Å²) in [6.07, 6.45) is 3.52. The molecule has 0 amide bonds. The van der Waals surface area contributed by atoms with E-state index in [4.69, 9.17) is 0 Å². The Hall–Kier alpha value is -1.36. The van der Waals surface area contributed by atoms with Crippen molar-refractivity contribution in [3.8, 4) is 0 Å². The number of nitrogens with zero attached hydrogens (tertiary/aromatic N) is 1. The van der Waals surface area contributed by atoms with Gasteiger partial charge in [0.15, 0.2) is 0 Å². The van der Waals surface area contributed by atoms with Crippen LogP contribution in [0.2, 0.25) is 0 Å². The van der Waals surface area contributed by atoms with Crippen LogP contribution in [0.25, 0.3) is 0 Å². The van der Waals surface area contributed by atoms with Gasteiger partial charge in [-0.25, -0.2) is 0 Å². The first-order valence-corrected chi connectivity index (χ1v) is 7.72. The third kappa shape index (κ3) is 2.48. The zero-order valence-corrected chi connectivity index (χ0v) is 13.7. The monoisotopic (exact) mass is 288 g/mol. The number of likely N-dealkylation sites (N-methyl/N-ethyl adjacent to an activating group) is 1. The maximum Gasteiger partial charge on any atom is 0.204 e. The summed E-state index contributed by atoms with van der Waals surface area (Å²) in [6.45, 7) is 6.74. The molecule has 0 spiro atoms. The minimum atomic E-state index is -0.0587. The minimum absolute atomic E-state index is 0.0178. The van der Waals surface area contributed by atoms with Crippen molar-refractivity contribution in [1.29, 1.82) is 0 Å². The quantitative estimate of drug-likeness (QED) is 0.461. The van der Waals surface area contributed by atoms with Gasteiger partial charge in [0, 0.05) is 30.1 Å². The van der Waals surface area contributed by atoms with Gasteiger partial charge in [0.05, 0.1) is 5.70 Å². The van der Waals surface area contributed by atoms with Crippen LogP contribution in [0.3, 0.4) is 0 Å². The zero-order valence-electron chi connectivity index (χ0n) is 13.7. The van der Waals surface area contributed by atoms with Crippen molar-refractivity contribution in [1.82, 2.24) is 10.2 Å². The number of aldehydes is 1. The van der Waals surface area contributed by atoms with E-state index in [0.29, 0.717) is 23.7 Å². The fourth-order valence-electron chi connectivity index (χ4n) is 3.58. The molecule has 4 nitrogen and oxygen atoms in total. The summed E-state index contributed by atoms with van der Waals surface area (Å²) in [7, 11) is 3.90. The highest BCUT2D eigenvalue weighted by molar-refractivity contribution is 6.26. The predicted octanol–water partition coefficient (Wildman–Crippen LogP) is 0.782. The van der Waals surface area contributed by atoms with Crippen molar-refractivity contribution in [3.05, 3.63) is 22.3 Å². The number of allylic oxidation sites excluding steroid dienone is 2. The number of rotatable bonds is 5. The number of fused-ring (bicyclic) bond motifs is 1. The molecule has 2 rings (SSSR count). The largest absolute Gasteiger partial charge is 0.360 e. The van der Waals surface area contributed by atoms with Gasteiger partial charge in [-0.3, -0.25) is 9.59 Å². The lowest BCUT2D eigenvalue weighted by Crippen LogP contribution is -2.39. The first-order valence-electron chi connectivity index (χ1n) is 7.72. The minimum Gasteiger partial charge on any atom is -0.360 e. The Morgan fingerprint density at radius 2 is 2.19 bits per heavy atom. The van der Waals surface area contributed by atoms with Crippen LogP contribution in [-0.2, 0) is 9.59 Å². The van der Waals surface area contributed by atoms with Gasteiger partial charge in [-0.15, -0.1) is 5.47 Å². The molecule has 1 N–H and O–H groups in total. The molecule has 2 atom stereocenters. The Labute approximate surface area is 128 Å². The maximum absolute atomic E-state index is 12.8. The Morgan fingerprint density at radius 3 is 2.67 bits per heavy atom. The summed E-state index contributed by atoms with van der Waals surface area (Å²) in [5, 5.41) is 3.32. The summed E-state index contributed by atoms with van der Waals surface area (Å²) in [6, 6.07) is 0.382. The summed E-state index contributed by atoms with van der Waals surface area (Å²) >= 11 is 0. The van der Waals surface area contributed by atoms with Gasteiger partial charge < -0.3 is 10.2 Å². The van der Waals surface area contributed by atoms with Gasteiger partial charge in [0.1, 0.15) is 14.1 Å². The van der Waals surface area contributed by atoms with Crippen LogP contribution in [0.15, 0.2) is 22.3 Å². The molecule has 114 valence electrons. The van der Waals surface area contributed by atoms with E-state index in [0.717, 1.165) is 36.7 Å². The molecule has 2 aliphatic rings. The van der Waals surface area contributed by atoms with E-state index in [1.807, 2.05) is 28.7 Å². The van der Waals surface area contributed by atoms with Gasteiger partial charge in [-0.2, -0.15) is 0 Å². The molecule has 0 saturated carbocycles. The molecule has 2 heterocycles. The average molecular weight is 288 g/mol. The molecule has 1 fully saturated rings. The molecule has 0 bridgehead atoms. The van der Waals surface area contributed by atoms with Gasteiger partial charge in [0.2, 0.25) is 5.78 Å². The van der Waals surface area contributed by atoms with Crippen LogP contribution in [0, 0.1) is 0 Å². The van der Waals surface area contributed by atoms with Crippen molar-refractivity contribution in [2.75, 3.05) is 13.6 Å². The molecule has 5 heteroatoms. The average Bonchev–Trinajstić information content (AvgIpc) is 2.97. The van der Waals surface area contributed by atoms with E-state index in [9.17, 15) is 9.59 Å². The summed E-state index contributed by atoms with van der Waals surface area (Å²) in [4.78, 5) is 26.5. The molecule has 0 radical (unpaired) electrons. The standard InChI is InChI=1S/C16H25BN2O2/c1-5-16-6-12(9-20)14(15(21)10(2)11(3)17)19(16)8-13(7-16)18-4/h9,13,18H,5-8,17H2,1-4H3/b11-10+. The maximum atomic E-state index is 12.8. The van der Waals surface area contributed by atoms with Crippen LogP contribution >= 0.6 is 0 Å². The van der Waals surface area contributed by atoms with E-state index >= 15 is 0 Å². The van der Waals surface area contributed by atoms with E-state index < -0.39 is 0 Å². The summed E-state index contributed by atoms with van der Waals surface area (Å²) in [5.74, 6) is 0.0178. The lowest BCUT2D eigenvalue weighted by molar-refractivity contribution is -0.114. The topological polar surface area (TPSA) is 49.4 Å². The van der Waals surface area contributed by atoms with Gasteiger partial charge in [0.25, 0.3) is 0 Å². The molecule has 0 aromatic heterocycles. The SMILES string of the molecule is B/C(C)=C(\C)C(=O)C1=C(C=O)CC2(CC)CC(NC)CN12. The van der Waals surface area contributed by atoms with Gasteiger partial charge in [-0.05, 0) is 32.4 Å². The second-order valence-corrected chi connectivity index (χ2v) is 6.50. The van der Waals surface area contributed by atoms with Gasteiger partial charge in [-0.1, -0.05) is 13.8 Å². The molecular weight excluding hydrogens is 263 g/mol. The Balaban J connectivity index is 2.45. The number of hydrogen-bond acceptors (Lipinski definition) is 4. The Bertz CT molecular complexity index is 534. The van der Waals surface area contributed by atoms with Crippen LogP contribution in [0.4, 0.5) is 0 Å². The smallest absolute Gasteiger partial charge is 0.204 e. The molecular formula is C16H25BN2O2. The number of carbonyl (C=O) groups excluding carboxylic acids is 2. The second kappa shape index (κ2) is 5.80. The van der Waals surface area contributed by atoms with Crippen molar-refractivity contribution < 1.29 is 9.59 Å². The summed E-state index contributed by atoms with van der Waals surface area (Å²) in [5.41, 5.74) is 3.03. The fourth-order valence-corrected chi connectivity index (χ4v) is 3.58. The fraction of sp³-hybridized carbons (Fsp3) is 0.625. The second-order valence-electron chi connectivity index (χ2n) is 6.50. The summed E-state index contributed by atoms with van der Waals surface area (Å²) < 4.78 is 0. The van der Waals surface area contributed by atoms with Crippen LogP contribution in [0.5, 0.6) is 0 Å². The first-order chi connectivity index (χ1) is 9.90. The Morgan fingerprint density at radius 1 is 1.52 bits per heavy atom. The number of Topliss-reactive ketones (excluding diaryl/α,β-unsaturated/α-hetero) is 1. The van der Waals surface area contributed by atoms with E-state index in [-0.39, 0.29) is 11.3 Å². The number of nitrogens with one attached hydrogen (secondary N) is 1. The normalized spacial score (nSPS) is 29.5. The molecule has 0 aromatic rings. The third-order valence-corrected chi connectivity index (χ3v) is 5.21. The highest BCUT2D eigenvalue weighted by Crippen LogP contribution is 2.46. The predicted molar refractivity (Wildman–Crippen MR) is 86.8 cm³/mol. The van der Waals surface area contributed by atoms with Crippen molar-refractivity contribution in [2.45, 2.75) is 51.6 Å². The van der Waals surface area contributed by atoms with Crippen molar-refractivity contribution >= 4 is 19.9 Å². The van der Waals surface area contributed by atoms with Gasteiger partial charge >= 0.3 is 0 Å². The molecule has 0 aromatic carbocycles. The zero-order chi connectivity index (χ0) is 15.8. The molecule has 0 aliphatic carbocycles. The first kappa shape index (κ1) is 16.0. The lowest BCUT2D eigenvalue weighted by atomic mass is 9.87. The molecule has 2 aliphatic heterocycles. The number of hydrogen-bond donors (Lipinski definition) is 1. The highest BCUT2D eigenvalue weighted by Gasteiger charge is 2.51. The lowest BCUT2D eigenvalue weighted by Gasteiger charge is -2.34. The van der Waals surface area contributed by atoms with E-state index in [2.05, 4.69) is 17.1 Å². The van der Waals surface area contributed by atoms with Crippen molar-refractivity contribution in [2.24, 2.45) is 0 Å². The third-order valence-electron chi connectivity index (χ3n) is 5.21. The number of carbonyl (C=O) groups is 2. The molecule has 2 unspecified atom stereocenters. The van der Waals surface area contributed by atoms with E-state index in [1.54, 1.807) is 0 Å². The molecule has 21 heavy (non-hydrogen) atoms.